The highest BCUT2D eigenvalue weighted by molar-refractivity contribution is 7.80. The molecule has 0 aliphatic rings. The van der Waals surface area contributed by atoms with Gasteiger partial charge in [0.15, 0.2) is 0 Å². The van der Waals surface area contributed by atoms with Gasteiger partial charge in [-0.05, 0) is 37.6 Å². The second-order valence-corrected chi connectivity index (χ2v) is 5.88. The Balaban J connectivity index is 2.76. The van der Waals surface area contributed by atoms with Gasteiger partial charge in [-0.3, -0.25) is 4.90 Å². The smallest absolute Gasteiger partial charge is 0.0740 e. The van der Waals surface area contributed by atoms with Crippen molar-refractivity contribution in [2.75, 3.05) is 6.54 Å². The van der Waals surface area contributed by atoms with E-state index in [9.17, 15) is 0 Å². The number of nitrogens with two attached hydrogens (primary N) is 1. The second-order valence-electron chi connectivity index (χ2n) is 4.52. The molecule has 100 valence electrons. The van der Waals surface area contributed by atoms with Gasteiger partial charge < -0.3 is 5.73 Å². The van der Waals surface area contributed by atoms with Crippen molar-refractivity contribution in [1.29, 1.82) is 0 Å². The zero-order valence-corrected chi connectivity index (χ0v) is 12.9. The molecule has 18 heavy (non-hydrogen) atoms. The molecule has 0 aliphatic heterocycles. The molecule has 1 aromatic rings. The van der Waals surface area contributed by atoms with Crippen molar-refractivity contribution in [2.45, 2.75) is 32.9 Å². The summed E-state index contributed by atoms with van der Waals surface area (Å²) >= 11 is 17.1. The van der Waals surface area contributed by atoms with Crippen LogP contribution in [0.25, 0.3) is 0 Å². The number of rotatable bonds is 6. The van der Waals surface area contributed by atoms with Gasteiger partial charge in [0, 0.05) is 35.6 Å². The minimum absolute atomic E-state index is 0.398. The lowest BCUT2D eigenvalue weighted by atomic mass is 10.1. The average Bonchev–Trinajstić information content (AvgIpc) is 2.28. The molecule has 0 heterocycles. The second kappa shape index (κ2) is 7.29. The number of hydrogen-bond acceptors (Lipinski definition) is 2. The zero-order chi connectivity index (χ0) is 13.7. The quantitative estimate of drug-likeness (QED) is 0.809. The topological polar surface area (TPSA) is 29.3 Å². The van der Waals surface area contributed by atoms with Gasteiger partial charge in [0.05, 0.1) is 4.99 Å². The van der Waals surface area contributed by atoms with E-state index in [1.165, 1.54) is 0 Å². The van der Waals surface area contributed by atoms with Gasteiger partial charge in [-0.15, -0.1) is 0 Å². The Morgan fingerprint density at radius 2 is 2.06 bits per heavy atom. The Morgan fingerprint density at radius 1 is 1.39 bits per heavy atom. The lowest BCUT2D eigenvalue weighted by Gasteiger charge is -2.26. The van der Waals surface area contributed by atoms with Crippen molar-refractivity contribution in [3.8, 4) is 0 Å². The first-order valence-corrected chi connectivity index (χ1v) is 7.03. The van der Waals surface area contributed by atoms with Crippen LogP contribution in [-0.4, -0.2) is 22.5 Å². The van der Waals surface area contributed by atoms with Gasteiger partial charge in [-0.2, -0.15) is 0 Å². The van der Waals surface area contributed by atoms with E-state index < -0.39 is 0 Å². The molecule has 0 atom stereocenters. The summed E-state index contributed by atoms with van der Waals surface area (Å²) in [4.78, 5) is 2.81. The summed E-state index contributed by atoms with van der Waals surface area (Å²) in [6, 6.07) is 5.92. The zero-order valence-electron chi connectivity index (χ0n) is 10.6. The molecule has 0 radical (unpaired) electrons. The summed E-state index contributed by atoms with van der Waals surface area (Å²) in [5.41, 5.74) is 6.57. The fourth-order valence-corrected chi connectivity index (χ4v) is 2.12. The Bertz CT molecular complexity index is 421. The van der Waals surface area contributed by atoms with Crippen molar-refractivity contribution in [3.05, 3.63) is 33.8 Å². The van der Waals surface area contributed by atoms with Crippen LogP contribution >= 0.6 is 35.4 Å². The maximum absolute atomic E-state index is 6.17. The SMILES string of the molecule is CC(C)N(CCC(N)=S)Cc1cc(Cl)ccc1Cl. The van der Waals surface area contributed by atoms with Crippen molar-refractivity contribution in [2.24, 2.45) is 5.73 Å². The predicted molar refractivity (Wildman–Crippen MR) is 83.4 cm³/mol. The third-order valence-electron chi connectivity index (χ3n) is 2.76. The molecule has 2 N–H and O–H groups in total. The highest BCUT2D eigenvalue weighted by Gasteiger charge is 2.12. The lowest BCUT2D eigenvalue weighted by Crippen LogP contribution is -2.33. The van der Waals surface area contributed by atoms with Crippen LogP contribution in [0.1, 0.15) is 25.8 Å². The molecule has 1 rings (SSSR count). The van der Waals surface area contributed by atoms with Crippen LogP contribution in [0.3, 0.4) is 0 Å². The Hall–Kier alpha value is -0.350. The third-order valence-corrected chi connectivity index (χ3v) is 3.56. The van der Waals surface area contributed by atoms with Crippen molar-refractivity contribution < 1.29 is 0 Å². The standard InChI is InChI=1S/C13H18Cl2N2S/c1-9(2)17(6-5-13(16)18)8-10-7-11(14)3-4-12(10)15/h3-4,7,9H,5-6,8H2,1-2H3,(H2,16,18). The molecule has 0 amide bonds. The van der Waals surface area contributed by atoms with E-state index in [0.717, 1.165) is 23.7 Å². The molecule has 0 bridgehead atoms. The number of benzene rings is 1. The Labute approximate surface area is 124 Å². The van der Waals surface area contributed by atoms with E-state index in [1.807, 2.05) is 12.1 Å². The first-order valence-electron chi connectivity index (χ1n) is 5.86. The molecule has 5 heteroatoms. The summed E-state index contributed by atoms with van der Waals surface area (Å²) in [6.45, 7) is 5.85. The van der Waals surface area contributed by atoms with Gasteiger partial charge in [-0.25, -0.2) is 0 Å². The molecular weight excluding hydrogens is 287 g/mol. The third kappa shape index (κ3) is 5.11. The van der Waals surface area contributed by atoms with Crippen molar-refractivity contribution in [1.82, 2.24) is 4.90 Å². The highest BCUT2D eigenvalue weighted by Crippen LogP contribution is 2.22. The molecular formula is C13H18Cl2N2S. The predicted octanol–water partition coefficient (Wildman–Crippen LogP) is 3.88. The molecule has 0 saturated carbocycles. The monoisotopic (exact) mass is 304 g/mol. The minimum atomic E-state index is 0.398. The molecule has 0 aliphatic carbocycles. The molecule has 2 nitrogen and oxygen atoms in total. The fourth-order valence-electron chi connectivity index (χ4n) is 1.66. The van der Waals surface area contributed by atoms with Crippen LogP contribution in [-0.2, 0) is 6.54 Å². The summed E-state index contributed by atoms with van der Waals surface area (Å²) in [7, 11) is 0. The summed E-state index contributed by atoms with van der Waals surface area (Å²) in [5, 5.41) is 1.44. The van der Waals surface area contributed by atoms with Gasteiger partial charge in [0.25, 0.3) is 0 Å². The molecule has 0 unspecified atom stereocenters. The Morgan fingerprint density at radius 3 is 2.61 bits per heavy atom. The largest absolute Gasteiger partial charge is 0.393 e. The highest BCUT2D eigenvalue weighted by atomic mass is 35.5. The van der Waals surface area contributed by atoms with Crippen LogP contribution in [0.15, 0.2) is 18.2 Å². The lowest BCUT2D eigenvalue weighted by molar-refractivity contribution is 0.219. The number of nitrogens with zero attached hydrogens (tertiary/aromatic N) is 1. The van der Waals surface area contributed by atoms with Crippen molar-refractivity contribution in [3.63, 3.8) is 0 Å². The number of thiocarbonyl (C=S) groups is 1. The summed E-state index contributed by atoms with van der Waals surface area (Å²) in [5.74, 6) is 0. The normalized spacial score (nSPS) is 11.2. The van der Waals surface area contributed by atoms with Gasteiger partial charge in [0.2, 0.25) is 0 Å². The van der Waals surface area contributed by atoms with E-state index in [-0.39, 0.29) is 0 Å². The number of hydrogen-bond donors (Lipinski definition) is 1. The van der Waals surface area contributed by atoms with E-state index in [2.05, 4.69) is 18.7 Å². The molecule has 0 saturated heterocycles. The molecule has 1 aromatic carbocycles. The average molecular weight is 305 g/mol. The van der Waals surface area contributed by atoms with Gasteiger partial charge in [-0.1, -0.05) is 35.4 Å². The number of halogens is 2. The first kappa shape index (κ1) is 15.7. The van der Waals surface area contributed by atoms with Crippen LogP contribution in [0.2, 0.25) is 10.0 Å². The van der Waals surface area contributed by atoms with Gasteiger partial charge in [0.1, 0.15) is 0 Å². The maximum atomic E-state index is 6.17. The van der Waals surface area contributed by atoms with Crippen LogP contribution in [0.5, 0.6) is 0 Å². The summed E-state index contributed by atoms with van der Waals surface area (Å²) in [6.07, 6.45) is 0.714. The van der Waals surface area contributed by atoms with E-state index >= 15 is 0 Å². The van der Waals surface area contributed by atoms with Crippen molar-refractivity contribution >= 4 is 40.4 Å². The fraction of sp³-hybridized carbons (Fsp3) is 0.462. The van der Waals surface area contributed by atoms with Crippen LogP contribution in [0, 0.1) is 0 Å². The minimum Gasteiger partial charge on any atom is -0.393 e. The Kier molecular flexibility index (Phi) is 6.36. The van der Waals surface area contributed by atoms with Crippen LogP contribution in [0.4, 0.5) is 0 Å². The molecule has 0 fully saturated rings. The first-order chi connectivity index (χ1) is 8.40. The maximum Gasteiger partial charge on any atom is 0.0740 e. The van der Waals surface area contributed by atoms with E-state index in [1.54, 1.807) is 6.07 Å². The summed E-state index contributed by atoms with van der Waals surface area (Å²) < 4.78 is 0. The van der Waals surface area contributed by atoms with E-state index in [0.29, 0.717) is 22.5 Å². The molecule has 0 spiro atoms. The van der Waals surface area contributed by atoms with E-state index in [4.69, 9.17) is 41.2 Å². The van der Waals surface area contributed by atoms with Gasteiger partial charge >= 0.3 is 0 Å². The molecule has 0 aromatic heterocycles. The van der Waals surface area contributed by atoms with Crippen LogP contribution < -0.4 is 5.73 Å².